The molecule has 2 bridgehead atoms. The highest BCUT2D eigenvalue weighted by atomic mass is 16.3. The number of aliphatic hydroxyl groups is 1. The predicted octanol–water partition coefficient (Wildman–Crippen LogP) is 2.81. The maximum Gasteiger partial charge on any atom is 0.258 e. The number of aromatic nitrogens is 1. The van der Waals surface area contributed by atoms with Crippen LogP contribution in [0.4, 0.5) is 5.69 Å². The van der Waals surface area contributed by atoms with Gasteiger partial charge in [0.05, 0.1) is 18.0 Å². The van der Waals surface area contributed by atoms with Gasteiger partial charge in [0.25, 0.3) is 5.56 Å². The van der Waals surface area contributed by atoms with Crippen LogP contribution in [0.5, 0.6) is 0 Å². The molecule has 3 aliphatic rings. The van der Waals surface area contributed by atoms with Gasteiger partial charge in [0.1, 0.15) is 0 Å². The summed E-state index contributed by atoms with van der Waals surface area (Å²) < 4.78 is 1.70. The van der Waals surface area contributed by atoms with Crippen LogP contribution in [0.25, 0.3) is 6.08 Å². The van der Waals surface area contributed by atoms with Gasteiger partial charge < -0.3 is 19.9 Å². The number of nitrogens with one attached hydrogen (secondary N) is 1. The number of carbonyl (C=O) groups excluding carboxylic acids is 2. The van der Waals surface area contributed by atoms with Crippen molar-refractivity contribution in [3.8, 4) is 0 Å². The molecule has 5 rings (SSSR count). The molecule has 172 valence electrons. The lowest BCUT2D eigenvalue weighted by Crippen LogP contribution is -2.49. The zero-order valence-corrected chi connectivity index (χ0v) is 18.7. The van der Waals surface area contributed by atoms with Gasteiger partial charge in [0.2, 0.25) is 11.8 Å². The first kappa shape index (κ1) is 21.6. The van der Waals surface area contributed by atoms with Gasteiger partial charge >= 0.3 is 0 Å². The van der Waals surface area contributed by atoms with E-state index >= 15 is 0 Å². The highest BCUT2D eigenvalue weighted by molar-refractivity contribution is 5.94. The number of hydrogen-bond acceptors (Lipinski definition) is 4. The van der Waals surface area contributed by atoms with Crippen molar-refractivity contribution in [3.05, 3.63) is 70.2 Å². The largest absolute Gasteiger partial charge is 0.396 e. The lowest BCUT2D eigenvalue weighted by atomic mass is 9.86. The number of fused-ring (bicyclic) bond motifs is 4. The average Bonchev–Trinajstić information content (AvgIpc) is 3.59. The van der Waals surface area contributed by atoms with Crippen LogP contribution in [-0.4, -0.2) is 39.0 Å². The molecule has 7 nitrogen and oxygen atoms in total. The summed E-state index contributed by atoms with van der Waals surface area (Å²) in [6.45, 7) is 1.91. The first-order valence-corrected chi connectivity index (χ1v) is 11.7. The molecule has 4 atom stereocenters. The van der Waals surface area contributed by atoms with Gasteiger partial charge in [-0.15, -0.1) is 0 Å². The Morgan fingerprint density at radius 3 is 2.58 bits per heavy atom. The van der Waals surface area contributed by atoms with Crippen LogP contribution in [0.2, 0.25) is 0 Å². The number of para-hydroxylation sites is 1. The minimum absolute atomic E-state index is 0.0113. The fourth-order valence-corrected chi connectivity index (χ4v) is 5.49. The molecule has 2 N–H and O–H groups in total. The topological polar surface area (TPSA) is 91.6 Å². The summed E-state index contributed by atoms with van der Waals surface area (Å²) in [6, 6.07) is 11.8. The third-order valence-electron chi connectivity index (χ3n) is 7.21. The third kappa shape index (κ3) is 3.80. The molecule has 33 heavy (non-hydrogen) atoms. The molecule has 0 unspecified atom stereocenters. The number of anilines is 1. The van der Waals surface area contributed by atoms with E-state index in [-0.39, 0.29) is 30.5 Å². The molecular formula is C26H29N3O4. The molecular weight excluding hydrogens is 418 g/mol. The van der Waals surface area contributed by atoms with Crippen molar-refractivity contribution >= 4 is 23.6 Å². The molecule has 1 saturated heterocycles. The molecule has 2 aliphatic heterocycles. The predicted molar refractivity (Wildman–Crippen MR) is 125 cm³/mol. The monoisotopic (exact) mass is 447 g/mol. The van der Waals surface area contributed by atoms with E-state index < -0.39 is 23.9 Å². The third-order valence-corrected chi connectivity index (χ3v) is 7.21. The second-order valence-corrected chi connectivity index (χ2v) is 9.32. The summed E-state index contributed by atoms with van der Waals surface area (Å²) in [5, 5.41) is 13.3. The number of carbonyl (C=O) groups is 2. The maximum atomic E-state index is 13.5. The SMILES string of the molecule is C/C=C/c1ccc2n(c1=O)C[C@@H]1[C@@H](CO)[C@H](C(=O)Nc3ccccc3)[C@H]2N1C(=O)CC1CC1. The van der Waals surface area contributed by atoms with E-state index in [1.807, 2.05) is 49.4 Å². The molecule has 0 radical (unpaired) electrons. The van der Waals surface area contributed by atoms with E-state index in [1.165, 1.54) is 0 Å². The number of pyridine rings is 1. The first-order chi connectivity index (χ1) is 16.0. The number of rotatable bonds is 6. The number of allylic oxidation sites excluding steroid dienone is 1. The fourth-order valence-electron chi connectivity index (χ4n) is 5.49. The minimum atomic E-state index is -0.649. The molecule has 1 aromatic carbocycles. The van der Waals surface area contributed by atoms with Gasteiger partial charge in [-0.05, 0) is 49.9 Å². The van der Waals surface area contributed by atoms with Gasteiger partial charge in [-0.3, -0.25) is 14.4 Å². The Morgan fingerprint density at radius 2 is 1.91 bits per heavy atom. The Labute approximate surface area is 192 Å². The van der Waals surface area contributed by atoms with Crippen molar-refractivity contribution in [2.45, 2.75) is 44.8 Å². The molecule has 0 spiro atoms. The molecule has 1 aromatic heterocycles. The van der Waals surface area contributed by atoms with E-state index in [9.17, 15) is 19.5 Å². The normalized spacial score (nSPS) is 25.8. The summed E-state index contributed by atoms with van der Waals surface area (Å²) in [5.74, 6) is -0.926. The lowest BCUT2D eigenvalue weighted by Gasteiger charge is -2.38. The summed E-state index contributed by atoms with van der Waals surface area (Å²) in [5.41, 5.74) is 1.77. The van der Waals surface area contributed by atoms with Crippen molar-refractivity contribution < 1.29 is 14.7 Å². The highest BCUT2D eigenvalue weighted by Gasteiger charge is 2.57. The number of amides is 2. The van der Waals surface area contributed by atoms with Crippen LogP contribution >= 0.6 is 0 Å². The van der Waals surface area contributed by atoms with Crippen LogP contribution in [0.3, 0.4) is 0 Å². The van der Waals surface area contributed by atoms with Crippen molar-refractivity contribution in [1.29, 1.82) is 0 Å². The first-order valence-electron chi connectivity index (χ1n) is 11.7. The quantitative estimate of drug-likeness (QED) is 0.712. The van der Waals surface area contributed by atoms with Crippen molar-refractivity contribution in [1.82, 2.24) is 9.47 Å². The standard InChI is InChI=1S/C26H29N3O4/c1-2-6-17-11-12-20-24-23(25(32)27-18-7-4-3-5-8-18)19(15-30)21(14-28(20)26(17)33)29(24)22(31)13-16-9-10-16/h2-8,11-12,16,19,21,23-24,30H,9-10,13-15H2,1H3,(H,27,32)/b6-2+/t19-,21-,23+,24+/m1/s1. The van der Waals surface area contributed by atoms with Crippen molar-refractivity contribution in [3.63, 3.8) is 0 Å². The lowest BCUT2D eigenvalue weighted by molar-refractivity contribution is -0.137. The van der Waals surface area contributed by atoms with Gasteiger partial charge in [-0.2, -0.15) is 0 Å². The average molecular weight is 448 g/mol. The van der Waals surface area contributed by atoms with Crippen molar-refractivity contribution in [2.24, 2.45) is 17.8 Å². The van der Waals surface area contributed by atoms with Gasteiger partial charge in [0.15, 0.2) is 0 Å². The molecule has 1 saturated carbocycles. The van der Waals surface area contributed by atoms with Crippen LogP contribution in [-0.2, 0) is 16.1 Å². The molecule has 2 amide bonds. The van der Waals surface area contributed by atoms with Gasteiger partial charge in [-0.25, -0.2) is 0 Å². The van der Waals surface area contributed by atoms with Crippen LogP contribution < -0.4 is 10.9 Å². The van der Waals surface area contributed by atoms with E-state index in [0.717, 1.165) is 12.8 Å². The number of benzene rings is 1. The molecule has 3 heterocycles. The maximum absolute atomic E-state index is 13.5. The molecule has 1 aliphatic carbocycles. The molecule has 7 heteroatoms. The van der Waals surface area contributed by atoms with E-state index in [2.05, 4.69) is 5.32 Å². The zero-order valence-electron chi connectivity index (χ0n) is 18.7. The van der Waals surface area contributed by atoms with Gasteiger partial charge in [-0.1, -0.05) is 30.4 Å². The second kappa shape index (κ2) is 8.63. The summed E-state index contributed by atoms with van der Waals surface area (Å²) in [4.78, 5) is 41.9. The Kier molecular flexibility index (Phi) is 5.66. The number of nitrogens with zero attached hydrogens (tertiary/aromatic N) is 2. The zero-order chi connectivity index (χ0) is 23.1. The van der Waals surface area contributed by atoms with E-state index in [4.69, 9.17) is 0 Å². The summed E-state index contributed by atoms with van der Waals surface area (Å²) >= 11 is 0. The molecule has 2 aromatic rings. The van der Waals surface area contributed by atoms with E-state index in [1.54, 1.807) is 21.6 Å². The second-order valence-electron chi connectivity index (χ2n) is 9.32. The highest BCUT2D eigenvalue weighted by Crippen LogP contribution is 2.49. The smallest absolute Gasteiger partial charge is 0.258 e. The Hall–Kier alpha value is -3.19. The van der Waals surface area contributed by atoms with Crippen molar-refractivity contribution in [2.75, 3.05) is 11.9 Å². The number of aliphatic hydroxyl groups excluding tert-OH is 1. The summed E-state index contributed by atoms with van der Waals surface area (Å²) in [6.07, 6.45) is 6.15. The minimum Gasteiger partial charge on any atom is -0.396 e. The van der Waals surface area contributed by atoms with Crippen LogP contribution in [0.15, 0.2) is 53.3 Å². The summed E-state index contributed by atoms with van der Waals surface area (Å²) in [7, 11) is 0. The fraction of sp³-hybridized carbons (Fsp3) is 0.423. The molecule has 2 fully saturated rings. The number of hydrogen-bond donors (Lipinski definition) is 2. The Balaban J connectivity index is 1.58. The Morgan fingerprint density at radius 1 is 1.15 bits per heavy atom. The van der Waals surface area contributed by atoms with Crippen LogP contribution in [0.1, 0.15) is 43.5 Å². The van der Waals surface area contributed by atoms with Crippen LogP contribution in [0, 0.1) is 17.8 Å². The van der Waals surface area contributed by atoms with Gasteiger partial charge in [0, 0.05) is 42.4 Å². The van der Waals surface area contributed by atoms with E-state index in [0.29, 0.717) is 29.3 Å². The Bertz CT molecular complexity index is 1150.